The number of aromatic nitrogens is 1. The molecule has 2 nitrogen and oxygen atoms in total. The summed E-state index contributed by atoms with van der Waals surface area (Å²) in [7, 11) is 0.0406. The van der Waals surface area contributed by atoms with Crippen LogP contribution in [0.25, 0.3) is 0 Å². The van der Waals surface area contributed by atoms with Gasteiger partial charge in [0.15, 0.2) is 8.32 Å². The van der Waals surface area contributed by atoms with Gasteiger partial charge in [0.2, 0.25) is 0 Å². The zero-order valence-electron chi connectivity index (χ0n) is 11.6. The molecule has 0 aliphatic carbocycles. The van der Waals surface area contributed by atoms with Gasteiger partial charge in [-0.15, -0.1) is 0 Å². The van der Waals surface area contributed by atoms with E-state index in [1.165, 1.54) is 0 Å². The molecule has 4 heteroatoms. The molecule has 0 spiro atoms. The Hall–Kier alpha value is -0.193. The largest absolute Gasteiger partial charge is 0.419 e. The number of rotatable bonds is 3. The molecule has 0 fully saturated rings. The predicted octanol–water partition coefficient (Wildman–Crippen LogP) is 4.26. The van der Waals surface area contributed by atoms with Gasteiger partial charge < -0.3 is 4.43 Å². The average Bonchev–Trinajstić information content (AvgIpc) is 2.13. The normalized spacial score (nSPS) is 15.7. The minimum Gasteiger partial charge on any atom is -0.419 e. The van der Waals surface area contributed by atoms with Crippen molar-refractivity contribution in [2.45, 2.75) is 45.3 Å². The fraction of sp³-hybridized carbons (Fsp3) is 0.615. The van der Waals surface area contributed by atoms with Crippen LogP contribution < -0.4 is 0 Å². The molecule has 0 bridgehead atoms. The first kappa shape index (κ1) is 14.9. The molecule has 96 valence electrons. The zero-order chi connectivity index (χ0) is 13.3. The van der Waals surface area contributed by atoms with E-state index in [-0.39, 0.29) is 5.04 Å². The topological polar surface area (TPSA) is 22.1 Å². The summed E-state index contributed by atoms with van der Waals surface area (Å²) in [5, 5.41) is 0.208. The van der Waals surface area contributed by atoms with E-state index in [0.717, 1.165) is 21.9 Å². The molecule has 1 aromatic rings. The van der Waals surface area contributed by atoms with Crippen LogP contribution in [0.2, 0.25) is 11.6 Å². The number of pyridine rings is 1. The molecule has 0 N–H and O–H groups in total. The molecule has 0 radical (unpaired) electrons. The third-order valence-electron chi connectivity index (χ3n) is 3.53. The molecule has 1 aromatic heterocycles. The van der Waals surface area contributed by atoms with Crippen molar-refractivity contribution in [2.75, 3.05) is 7.11 Å². The van der Waals surface area contributed by atoms with Crippen LogP contribution in [0.15, 0.2) is 16.6 Å². The summed E-state index contributed by atoms with van der Waals surface area (Å²) in [5.74, 6) is 0. The summed E-state index contributed by atoms with van der Waals surface area (Å²) in [5.41, 5.74) is 2.18. The van der Waals surface area contributed by atoms with E-state index in [4.69, 9.17) is 4.43 Å². The average molecular weight is 316 g/mol. The number of hydrogen-bond donors (Lipinski definition) is 0. The molecule has 0 saturated carbocycles. The first-order chi connectivity index (χ1) is 7.68. The highest BCUT2D eigenvalue weighted by Gasteiger charge is 2.41. The van der Waals surface area contributed by atoms with Crippen LogP contribution in [0.3, 0.4) is 0 Å². The van der Waals surface area contributed by atoms with Gasteiger partial charge in [0.05, 0.1) is 0 Å². The van der Waals surface area contributed by atoms with Crippen molar-refractivity contribution in [1.82, 2.24) is 4.98 Å². The quantitative estimate of drug-likeness (QED) is 0.778. The third-order valence-corrected chi connectivity index (χ3v) is 9.10. The summed E-state index contributed by atoms with van der Waals surface area (Å²) < 4.78 is 6.97. The zero-order valence-corrected chi connectivity index (χ0v) is 14.2. The maximum Gasteiger partial charge on any atom is 0.200 e. The standard InChI is InChI=1S/C13H22BrNOSi/c1-10-7-11(14)8-12(15-10)9-17(6,16-5)13(2,3)4/h7-8H,9H2,1-6H3. The molecule has 1 heterocycles. The van der Waals surface area contributed by atoms with Crippen LogP contribution >= 0.6 is 15.9 Å². The lowest BCUT2D eigenvalue weighted by Crippen LogP contribution is -2.46. The van der Waals surface area contributed by atoms with Crippen molar-refractivity contribution in [1.29, 1.82) is 0 Å². The highest BCUT2D eigenvalue weighted by molar-refractivity contribution is 9.10. The molecular formula is C13H22BrNOSi. The van der Waals surface area contributed by atoms with Gasteiger partial charge in [0.1, 0.15) is 0 Å². The number of hydrogen-bond acceptors (Lipinski definition) is 2. The fourth-order valence-corrected chi connectivity index (χ4v) is 4.53. The van der Waals surface area contributed by atoms with Crippen LogP contribution in [0.5, 0.6) is 0 Å². The summed E-state index contributed by atoms with van der Waals surface area (Å²) in [6.45, 7) is 11.1. The molecule has 1 atom stereocenters. The van der Waals surface area contributed by atoms with E-state index >= 15 is 0 Å². The van der Waals surface area contributed by atoms with Crippen molar-refractivity contribution in [2.24, 2.45) is 0 Å². The van der Waals surface area contributed by atoms with Gasteiger partial charge in [-0.25, -0.2) is 0 Å². The molecule has 0 aliphatic heterocycles. The van der Waals surface area contributed by atoms with Gasteiger partial charge in [-0.2, -0.15) is 0 Å². The first-order valence-electron chi connectivity index (χ1n) is 5.86. The van der Waals surface area contributed by atoms with Crippen molar-refractivity contribution >= 4 is 24.2 Å². The Morgan fingerprint density at radius 1 is 1.35 bits per heavy atom. The Morgan fingerprint density at radius 2 is 1.94 bits per heavy atom. The predicted molar refractivity (Wildman–Crippen MR) is 78.7 cm³/mol. The molecular weight excluding hydrogens is 294 g/mol. The van der Waals surface area contributed by atoms with Crippen LogP contribution in [-0.4, -0.2) is 20.4 Å². The van der Waals surface area contributed by atoms with Crippen LogP contribution in [-0.2, 0) is 10.5 Å². The summed E-state index contributed by atoms with van der Waals surface area (Å²) in [6, 6.07) is 5.09. The van der Waals surface area contributed by atoms with E-state index in [1.807, 2.05) is 20.1 Å². The van der Waals surface area contributed by atoms with Gasteiger partial charge in [0.25, 0.3) is 0 Å². The second kappa shape index (κ2) is 5.20. The second-order valence-corrected chi connectivity index (χ2v) is 11.4. The van der Waals surface area contributed by atoms with Gasteiger partial charge >= 0.3 is 0 Å². The van der Waals surface area contributed by atoms with Gasteiger partial charge in [-0.1, -0.05) is 36.7 Å². The number of nitrogens with zero attached hydrogens (tertiary/aromatic N) is 1. The van der Waals surface area contributed by atoms with Crippen LogP contribution in [0, 0.1) is 6.92 Å². The highest BCUT2D eigenvalue weighted by atomic mass is 79.9. The van der Waals surface area contributed by atoms with E-state index in [1.54, 1.807) is 0 Å². The lowest BCUT2D eigenvalue weighted by molar-refractivity contribution is 0.364. The molecule has 0 aromatic carbocycles. The smallest absolute Gasteiger partial charge is 0.200 e. The SMILES string of the molecule is CO[Si](C)(Cc1cc(Br)cc(C)n1)C(C)(C)C. The Morgan fingerprint density at radius 3 is 2.35 bits per heavy atom. The van der Waals surface area contributed by atoms with Crippen molar-refractivity contribution in [3.63, 3.8) is 0 Å². The maximum atomic E-state index is 5.87. The second-order valence-electron chi connectivity index (χ2n) is 5.78. The van der Waals surface area contributed by atoms with Gasteiger partial charge in [-0.05, 0) is 30.6 Å². The van der Waals surface area contributed by atoms with E-state index in [2.05, 4.69) is 54.3 Å². The Bertz CT molecular complexity index is 383. The summed E-state index contributed by atoms with van der Waals surface area (Å²) in [4.78, 5) is 4.61. The first-order valence-corrected chi connectivity index (χ1v) is 9.27. The minimum absolute atomic E-state index is 0.208. The monoisotopic (exact) mass is 315 g/mol. The summed E-state index contributed by atoms with van der Waals surface area (Å²) >= 11 is 3.53. The van der Waals surface area contributed by atoms with Crippen molar-refractivity contribution in [3.05, 3.63) is 28.0 Å². The fourth-order valence-electron chi connectivity index (χ4n) is 1.77. The molecule has 1 rings (SSSR count). The van der Waals surface area contributed by atoms with Crippen LogP contribution in [0.4, 0.5) is 0 Å². The highest BCUT2D eigenvalue weighted by Crippen LogP contribution is 2.38. The maximum absolute atomic E-state index is 5.87. The molecule has 1 unspecified atom stereocenters. The molecule has 0 saturated heterocycles. The summed E-state index contributed by atoms with van der Waals surface area (Å²) in [6.07, 6.45) is 0. The molecule has 0 aliphatic rings. The Balaban J connectivity index is 3.03. The van der Waals surface area contributed by atoms with E-state index < -0.39 is 8.32 Å². The lowest BCUT2D eigenvalue weighted by Gasteiger charge is -2.38. The minimum atomic E-state index is -1.79. The van der Waals surface area contributed by atoms with E-state index in [9.17, 15) is 0 Å². The number of aryl methyl sites for hydroxylation is 1. The lowest BCUT2D eigenvalue weighted by atomic mass is 10.2. The third kappa shape index (κ3) is 3.63. The van der Waals surface area contributed by atoms with Crippen molar-refractivity contribution < 1.29 is 4.43 Å². The van der Waals surface area contributed by atoms with Gasteiger partial charge in [0, 0.05) is 29.0 Å². The molecule has 17 heavy (non-hydrogen) atoms. The molecule has 0 amide bonds. The Labute approximate surface area is 114 Å². The van der Waals surface area contributed by atoms with Gasteiger partial charge in [-0.3, -0.25) is 4.98 Å². The Kier molecular flexibility index (Phi) is 4.55. The van der Waals surface area contributed by atoms with Crippen molar-refractivity contribution in [3.8, 4) is 0 Å². The number of halogens is 1. The van der Waals surface area contributed by atoms with E-state index in [0.29, 0.717) is 0 Å². The van der Waals surface area contributed by atoms with Crippen LogP contribution in [0.1, 0.15) is 32.2 Å².